The van der Waals surface area contributed by atoms with Crippen molar-refractivity contribution in [2.24, 2.45) is 0 Å². The molecule has 156 valence electrons. The Hall–Kier alpha value is -3.65. The summed E-state index contributed by atoms with van der Waals surface area (Å²) in [5.74, 6) is -0.922. The summed E-state index contributed by atoms with van der Waals surface area (Å²) in [7, 11) is 0. The number of rotatable bonds is 5. The highest BCUT2D eigenvalue weighted by atomic mass is 79.9. The fourth-order valence-electron chi connectivity index (χ4n) is 3.27. The number of nitrogens with one attached hydrogen (secondary N) is 1. The van der Waals surface area contributed by atoms with Gasteiger partial charge >= 0.3 is 6.03 Å². The Bertz CT molecular complexity index is 1200. The molecule has 1 fully saturated rings. The number of carbonyl (C=O) groups is 3. The van der Waals surface area contributed by atoms with Gasteiger partial charge in [0.15, 0.2) is 0 Å². The zero-order valence-corrected chi connectivity index (χ0v) is 18.1. The van der Waals surface area contributed by atoms with Gasteiger partial charge in [-0.3, -0.25) is 14.9 Å². The molecule has 1 N–H and O–H groups in total. The van der Waals surface area contributed by atoms with E-state index < -0.39 is 17.8 Å². The third kappa shape index (κ3) is 4.15. The van der Waals surface area contributed by atoms with Crippen molar-refractivity contribution in [1.82, 2.24) is 9.88 Å². The van der Waals surface area contributed by atoms with Crippen LogP contribution in [0.3, 0.4) is 0 Å². The number of urea groups is 1. The van der Waals surface area contributed by atoms with Crippen LogP contribution in [0.25, 0.3) is 11.8 Å². The largest absolute Gasteiger partial charge is 0.494 e. The number of anilines is 1. The SMILES string of the molecule is CCOc1cccc(N2C(=O)NC(=O)C(=Cc3cccn3-c3ccc(Br)cc3)C2=O)c1. The Kier molecular flexibility index (Phi) is 5.73. The van der Waals surface area contributed by atoms with Crippen LogP contribution in [-0.2, 0) is 9.59 Å². The highest BCUT2D eigenvalue weighted by Gasteiger charge is 2.37. The Morgan fingerprint density at radius 2 is 1.77 bits per heavy atom. The predicted molar refractivity (Wildman–Crippen MR) is 120 cm³/mol. The van der Waals surface area contributed by atoms with E-state index in [1.807, 2.05) is 48.0 Å². The molecule has 3 aromatic rings. The molecule has 2 aromatic carbocycles. The molecule has 0 spiro atoms. The molecule has 1 aliphatic rings. The van der Waals surface area contributed by atoms with Crippen molar-refractivity contribution in [3.63, 3.8) is 0 Å². The molecule has 7 nitrogen and oxygen atoms in total. The van der Waals surface area contributed by atoms with Crippen molar-refractivity contribution in [2.75, 3.05) is 11.5 Å². The van der Waals surface area contributed by atoms with Gasteiger partial charge in [0, 0.05) is 28.1 Å². The number of imide groups is 2. The Morgan fingerprint density at radius 1 is 1.00 bits per heavy atom. The summed E-state index contributed by atoms with van der Waals surface area (Å²) < 4.78 is 8.24. The first kappa shape index (κ1) is 20.6. The maximum absolute atomic E-state index is 13.2. The van der Waals surface area contributed by atoms with Gasteiger partial charge in [-0.1, -0.05) is 22.0 Å². The van der Waals surface area contributed by atoms with Crippen molar-refractivity contribution in [3.05, 3.63) is 82.6 Å². The lowest BCUT2D eigenvalue weighted by Crippen LogP contribution is -2.54. The fourth-order valence-corrected chi connectivity index (χ4v) is 3.53. The lowest BCUT2D eigenvalue weighted by molar-refractivity contribution is -0.122. The molecule has 4 amide bonds. The molecule has 1 aliphatic heterocycles. The van der Waals surface area contributed by atoms with Gasteiger partial charge in [0.25, 0.3) is 11.8 Å². The smallest absolute Gasteiger partial charge is 0.335 e. The number of halogens is 1. The minimum Gasteiger partial charge on any atom is -0.494 e. The zero-order chi connectivity index (χ0) is 22.0. The minimum absolute atomic E-state index is 0.140. The van der Waals surface area contributed by atoms with Crippen molar-refractivity contribution in [2.45, 2.75) is 6.92 Å². The van der Waals surface area contributed by atoms with Crippen LogP contribution in [0.4, 0.5) is 10.5 Å². The third-order valence-electron chi connectivity index (χ3n) is 4.67. The average molecular weight is 480 g/mol. The van der Waals surface area contributed by atoms with E-state index in [-0.39, 0.29) is 5.57 Å². The summed E-state index contributed by atoms with van der Waals surface area (Å²) in [4.78, 5) is 39.0. The van der Waals surface area contributed by atoms with Crippen LogP contribution < -0.4 is 15.0 Å². The second kappa shape index (κ2) is 8.61. The molecule has 8 heteroatoms. The van der Waals surface area contributed by atoms with Crippen molar-refractivity contribution >= 4 is 45.5 Å². The van der Waals surface area contributed by atoms with Crippen LogP contribution in [0.5, 0.6) is 5.75 Å². The van der Waals surface area contributed by atoms with E-state index in [1.165, 1.54) is 6.08 Å². The van der Waals surface area contributed by atoms with Crippen LogP contribution in [0.15, 0.2) is 76.9 Å². The van der Waals surface area contributed by atoms with Gasteiger partial charge in [-0.05, 0) is 61.5 Å². The maximum atomic E-state index is 13.2. The molecule has 1 saturated heterocycles. The number of carbonyl (C=O) groups excluding carboxylic acids is 3. The molecule has 0 radical (unpaired) electrons. The summed E-state index contributed by atoms with van der Waals surface area (Å²) >= 11 is 3.41. The standard InChI is InChI=1S/C23H18BrN3O4/c1-2-31-19-7-3-5-18(13-19)27-22(29)20(21(28)25-23(27)30)14-17-6-4-12-26(17)16-10-8-15(24)9-11-16/h3-14H,2H2,1H3,(H,25,28,30). The summed E-state index contributed by atoms with van der Waals surface area (Å²) in [5, 5.41) is 2.24. The van der Waals surface area contributed by atoms with Gasteiger partial charge in [-0.25, -0.2) is 9.69 Å². The molecule has 0 aliphatic carbocycles. The van der Waals surface area contributed by atoms with E-state index in [2.05, 4.69) is 21.2 Å². The summed E-state index contributed by atoms with van der Waals surface area (Å²) in [5.41, 5.74) is 1.66. The molecule has 0 saturated carbocycles. The minimum atomic E-state index is -0.802. The lowest BCUT2D eigenvalue weighted by Gasteiger charge is -2.26. The van der Waals surface area contributed by atoms with Gasteiger partial charge in [0.1, 0.15) is 11.3 Å². The van der Waals surface area contributed by atoms with Crippen LogP contribution >= 0.6 is 15.9 Å². The zero-order valence-electron chi connectivity index (χ0n) is 16.5. The quantitative estimate of drug-likeness (QED) is 0.436. The number of ether oxygens (including phenoxy) is 1. The second-order valence-electron chi connectivity index (χ2n) is 6.67. The number of nitrogens with zero attached hydrogens (tertiary/aromatic N) is 2. The molecule has 0 atom stereocenters. The normalized spacial score (nSPS) is 15.4. The monoisotopic (exact) mass is 479 g/mol. The second-order valence-corrected chi connectivity index (χ2v) is 7.58. The van der Waals surface area contributed by atoms with Gasteiger partial charge in [0.2, 0.25) is 0 Å². The predicted octanol–water partition coefficient (Wildman–Crippen LogP) is 4.30. The first-order valence-corrected chi connectivity index (χ1v) is 10.3. The molecule has 1 aromatic heterocycles. The number of hydrogen-bond donors (Lipinski definition) is 1. The molecule has 0 unspecified atom stereocenters. The van der Waals surface area contributed by atoms with Crippen molar-refractivity contribution in [1.29, 1.82) is 0 Å². The highest BCUT2D eigenvalue weighted by molar-refractivity contribution is 9.10. The van der Waals surface area contributed by atoms with E-state index in [1.54, 1.807) is 30.3 Å². The van der Waals surface area contributed by atoms with Gasteiger partial charge < -0.3 is 9.30 Å². The van der Waals surface area contributed by atoms with E-state index in [9.17, 15) is 14.4 Å². The summed E-state index contributed by atoms with van der Waals surface area (Å²) in [6, 6.07) is 17.0. The van der Waals surface area contributed by atoms with Gasteiger partial charge in [-0.15, -0.1) is 0 Å². The molecule has 4 rings (SSSR count). The maximum Gasteiger partial charge on any atom is 0.335 e. The molecular weight excluding hydrogens is 462 g/mol. The lowest BCUT2D eigenvalue weighted by atomic mass is 10.1. The average Bonchev–Trinajstić information content (AvgIpc) is 3.20. The van der Waals surface area contributed by atoms with Crippen LogP contribution in [-0.4, -0.2) is 29.0 Å². The third-order valence-corrected chi connectivity index (χ3v) is 5.19. The van der Waals surface area contributed by atoms with Gasteiger partial charge in [0.05, 0.1) is 12.3 Å². The summed E-state index contributed by atoms with van der Waals surface area (Å²) in [6.07, 6.45) is 3.31. The Morgan fingerprint density at radius 3 is 2.52 bits per heavy atom. The Balaban J connectivity index is 1.72. The van der Waals surface area contributed by atoms with E-state index >= 15 is 0 Å². The number of benzene rings is 2. The number of aromatic nitrogens is 1. The van der Waals surface area contributed by atoms with E-state index in [4.69, 9.17) is 4.74 Å². The topological polar surface area (TPSA) is 80.6 Å². The van der Waals surface area contributed by atoms with E-state index in [0.717, 1.165) is 15.1 Å². The fraction of sp³-hybridized carbons (Fsp3) is 0.0870. The first-order valence-electron chi connectivity index (χ1n) is 9.55. The number of amides is 4. The summed E-state index contributed by atoms with van der Waals surface area (Å²) in [6.45, 7) is 2.28. The van der Waals surface area contributed by atoms with E-state index in [0.29, 0.717) is 23.7 Å². The molecule has 0 bridgehead atoms. The van der Waals surface area contributed by atoms with Crippen LogP contribution in [0.1, 0.15) is 12.6 Å². The van der Waals surface area contributed by atoms with Crippen LogP contribution in [0.2, 0.25) is 0 Å². The van der Waals surface area contributed by atoms with Crippen molar-refractivity contribution < 1.29 is 19.1 Å². The number of hydrogen-bond acceptors (Lipinski definition) is 4. The molecule has 31 heavy (non-hydrogen) atoms. The number of barbiturate groups is 1. The van der Waals surface area contributed by atoms with Crippen LogP contribution in [0, 0.1) is 0 Å². The first-order chi connectivity index (χ1) is 15.0. The molecular formula is C23H18BrN3O4. The highest BCUT2D eigenvalue weighted by Crippen LogP contribution is 2.26. The Labute approximate surface area is 187 Å². The van der Waals surface area contributed by atoms with Crippen molar-refractivity contribution in [3.8, 4) is 11.4 Å². The molecule has 2 heterocycles. The van der Waals surface area contributed by atoms with Gasteiger partial charge in [-0.2, -0.15) is 0 Å².